The van der Waals surface area contributed by atoms with Crippen LogP contribution in [-0.4, -0.2) is 17.0 Å². The number of carbonyl (C=O) groups excluding carboxylic acids is 1. The lowest BCUT2D eigenvalue weighted by Gasteiger charge is -2.26. The maximum absolute atomic E-state index is 12.0. The maximum atomic E-state index is 12.0. The number of benzene rings is 1. The Morgan fingerprint density at radius 3 is 2.35 bits per heavy atom. The molecule has 0 bridgehead atoms. The van der Waals surface area contributed by atoms with Gasteiger partial charge in [0.25, 0.3) is 0 Å². The summed E-state index contributed by atoms with van der Waals surface area (Å²) >= 11 is 0. The topological polar surface area (TPSA) is 63.6 Å². The minimum absolute atomic E-state index is 0.0660. The molecule has 0 heterocycles. The Kier molecular flexibility index (Phi) is 5.16. The quantitative estimate of drug-likeness (QED) is 0.840. The number of ether oxygens (including phenoxy) is 1. The van der Waals surface area contributed by atoms with Crippen molar-refractivity contribution < 1.29 is 19.4 Å². The molecule has 0 aromatic heterocycles. The summed E-state index contributed by atoms with van der Waals surface area (Å²) in [6, 6.07) is 9.61. The van der Waals surface area contributed by atoms with Crippen molar-refractivity contribution in [1.29, 1.82) is 0 Å². The van der Waals surface area contributed by atoms with Crippen molar-refractivity contribution in [3.05, 3.63) is 35.9 Å². The van der Waals surface area contributed by atoms with Gasteiger partial charge in [0.1, 0.15) is 6.61 Å². The molecule has 1 fully saturated rings. The smallest absolute Gasteiger partial charge is 0.309 e. The van der Waals surface area contributed by atoms with Crippen molar-refractivity contribution in [2.75, 3.05) is 0 Å². The number of hydrogen-bond donors (Lipinski definition) is 1. The fraction of sp³-hybridized carbons (Fsp3) is 0.500. The number of carbonyl (C=O) groups is 2. The largest absolute Gasteiger partial charge is 0.481 e. The van der Waals surface area contributed by atoms with Gasteiger partial charge in [0.05, 0.1) is 5.92 Å². The lowest BCUT2D eigenvalue weighted by Crippen LogP contribution is -2.24. The number of rotatable bonds is 5. The van der Waals surface area contributed by atoms with E-state index in [9.17, 15) is 9.59 Å². The molecule has 108 valence electrons. The van der Waals surface area contributed by atoms with Crippen LogP contribution in [-0.2, 0) is 20.9 Å². The highest BCUT2D eigenvalue weighted by Crippen LogP contribution is 2.31. The molecule has 0 atom stereocenters. The van der Waals surface area contributed by atoms with E-state index in [1.54, 1.807) is 0 Å². The summed E-state index contributed by atoms with van der Waals surface area (Å²) < 4.78 is 5.33. The third-order valence-corrected chi connectivity index (χ3v) is 3.87. The third-order valence-electron chi connectivity index (χ3n) is 3.87. The van der Waals surface area contributed by atoms with E-state index in [0.29, 0.717) is 6.61 Å². The molecule has 0 saturated heterocycles. The van der Waals surface area contributed by atoms with Crippen molar-refractivity contribution in [3.63, 3.8) is 0 Å². The first-order valence-electron chi connectivity index (χ1n) is 7.07. The van der Waals surface area contributed by atoms with Gasteiger partial charge in [-0.05, 0) is 37.2 Å². The molecule has 1 aliphatic carbocycles. The zero-order valence-electron chi connectivity index (χ0n) is 11.5. The molecule has 20 heavy (non-hydrogen) atoms. The summed E-state index contributed by atoms with van der Waals surface area (Å²) in [5, 5.41) is 8.76. The van der Waals surface area contributed by atoms with Gasteiger partial charge in [0.2, 0.25) is 0 Å². The lowest BCUT2D eigenvalue weighted by atomic mass is 9.80. The van der Waals surface area contributed by atoms with Gasteiger partial charge < -0.3 is 9.84 Å². The molecule has 1 saturated carbocycles. The van der Waals surface area contributed by atoms with Crippen LogP contribution in [0.25, 0.3) is 0 Å². The Balaban J connectivity index is 1.73. The summed E-state index contributed by atoms with van der Waals surface area (Å²) in [7, 11) is 0. The van der Waals surface area contributed by atoms with Gasteiger partial charge in [-0.2, -0.15) is 0 Å². The Morgan fingerprint density at radius 2 is 1.75 bits per heavy atom. The Labute approximate surface area is 118 Å². The van der Waals surface area contributed by atoms with E-state index in [4.69, 9.17) is 9.84 Å². The van der Waals surface area contributed by atoms with Crippen molar-refractivity contribution in [2.24, 2.45) is 11.8 Å². The molecule has 2 rings (SSSR count). The molecule has 1 aliphatic rings. The standard InChI is InChI=1S/C16H20O4/c17-15(18)10-12-6-8-14(9-7-12)16(19)20-11-13-4-2-1-3-5-13/h1-5,12,14H,6-11H2,(H,17,18). The van der Waals surface area contributed by atoms with Crippen LogP contribution in [0, 0.1) is 11.8 Å². The molecule has 1 aromatic carbocycles. The highest BCUT2D eigenvalue weighted by Gasteiger charge is 2.28. The van der Waals surface area contributed by atoms with E-state index >= 15 is 0 Å². The Hall–Kier alpha value is -1.84. The Morgan fingerprint density at radius 1 is 1.10 bits per heavy atom. The van der Waals surface area contributed by atoms with Crippen LogP contribution in [0.3, 0.4) is 0 Å². The van der Waals surface area contributed by atoms with E-state index in [2.05, 4.69) is 0 Å². The van der Waals surface area contributed by atoms with E-state index in [1.165, 1.54) is 0 Å². The molecule has 0 aliphatic heterocycles. The number of hydrogen-bond acceptors (Lipinski definition) is 3. The van der Waals surface area contributed by atoms with Gasteiger partial charge in [-0.25, -0.2) is 0 Å². The average Bonchev–Trinajstić information content (AvgIpc) is 2.46. The van der Waals surface area contributed by atoms with Gasteiger partial charge in [0.15, 0.2) is 0 Å². The minimum Gasteiger partial charge on any atom is -0.481 e. The number of carboxylic acid groups (broad SMARTS) is 1. The summed E-state index contributed by atoms with van der Waals surface area (Å²) in [5.41, 5.74) is 0.986. The fourth-order valence-electron chi connectivity index (χ4n) is 2.70. The van der Waals surface area contributed by atoms with Crippen LogP contribution < -0.4 is 0 Å². The van der Waals surface area contributed by atoms with Gasteiger partial charge in [-0.3, -0.25) is 9.59 Å². The summed E-state index contributed by atoms with van der Waals surface area (Å²) in [4.78, 5) is 22.6. The first-order chi connectivity index (χ1) is 9.65. The number of aliphatic carboxylic acids is 1. The van der Waals surface area contributed by atoms with Crippen LogP contribution in [0.1, 0.15) is 37.7 Å². The van der Waals surface area contributed by atoms with Crippen molar-refractivity contribution >= 4 is 11.9 Å². The van der Waals surface area contributed by atoms with Gasteiger partial charge in [-0.1, -0.05) is 30.3 Å². The molecule has 4 heteroatoms. The maximum Gasteiger partial charge on any atom is 0.309 e. The zero-order chi connectivity index (χ0) is 14.4. The highest BCUT2D eigenvalue weighted by molar-refractivity contribution is 5.72. The summed E-state index contributed by atoms with van der Waals surface area (Å²) in [6.45, 7) is 0.314. The lowest BCUT2D eigenvalue weighted by molar-refractivity contribution is -0.151. The number of esters is 1. The molecule has 0 radical (unpaired) electrons. The molecule has 1 aromatic rings. The van der Waals surface area contributed by atoms with E-state index < -0.39 is 5.97 Å². The van der Waals surface area contributed by atoms with Crippen molar-refractivity contribution in [1.82, 2.24) is 0 Å². The average molecular weight is 276 g/mol. The molecular weight excluding hydrogens is 256 g/mol. The van der Waals surface area contributed by atoms with E-state index in [0.717, 1.165) is 31.2 Å². The highest BCUT2D eigenvalue weighted by atomic mass is 16.5. The second-order valence-electron chi connectivity index (χ2n) is 5.41. The zero-order valence-corrected chi connectivity index (χ0v) is 11.5. The second kappa shape index (κ2) is 7.08. The van der Waals surface area contributed by atoms with Crippen molar-refractivity contribution in [3.8, 4) is 0 Å². The normalized spacial score (nSPS) is 22.2. The minimum atomic E-state index is -0.750. The van der Waals surface area contributed by atoms with Crippen molar-refractivity contribution in [2.45, 2.75) is 38.7 Å². The number of carboxylic acids is 1. The van der Waals surface area contributed by atoms with Gasteiger partial charge in [-0.15, -0.1) is 0 Å². The predicted octanol–water partition coefficient (Wildman–Crippen LogP) is 3.01. The third kappa shape index (κ3) is 4.37. The predicted molar refractivity (Wildman–Crippen MR) is 73.9 cm³/mol. The molecule has 0 unspecified atom stereocenters. The van der Waals surface area contributed by atoms with Crippen LogP contribution in [0.15, 0.2) is 30.3 Å². The first kappa shape index (κ1) is 14.6. The van der Waals surface area contributed by atoms with Gasteiger partial charge >= 0.3 is 11.9 Å². The summed E-state index contributed by atoms with van der Waals surface area (Å²) in [6.07, 6.45) is 3.30. The first-order valence-corrected chi connectivity index (χ1v) is 7.07. The van der Waals surface area contributed by atoms with Crippen LogP contribution in [0.5, 0.6) is 0 Å². The Bertz CT molecular complexity index is 447. The summed E-state index contributed by atoms with van der Waals surface area (Å²) in [5.74, 6) is -0.753. The van der Waals surface area contributed by atoms with Crippen LogP contribution in [0.4, 0.5) is 0 Å². The monoisotopic (exact) mass is 276 g/mol. The molecule has 0 amide bonds. The van der Waals surface area contributed by atoms with Gasteiger partial charge in [0, 0.05) is 6.42 Å². The van der Waals surface area contributed by atoms with Crippen LogP contribution >= 0.6 is 0 Å². The second-order valence-corrected chi connectivity index (χ2v) is 5.41. The fourth-order valence-corrected chi connectivity index (χ4v) is 2.70. The molecule has 4 nitrogen and oxygen atoms in total. The molecule has 0 spiro atoms. The van der Waals surface area contributed by atoms with E-state index in [1.807, 2.05) is 30.3 Å². The van der Waals surface area contributed by atoms with E-state index in [-0.39, 0.29) is 24.2 Å². The van der Waals surface area contributed by atoms with Crippen LogP contribution in [0.2, 0.25) is 0 Å². The SMILES string of the molecule is O=C(O)CC1CCC(C(=O)OCc2ccccc2)CC1. The molecule has 1 N–H and O–H groups in total. The molecular formula is C16H20O4.